The molecule has 17 heavy (non-hydrogen) atoms. The van der Waals surface area contributed by atoms with Crippen LogP contribution >= 0.6 is 11.8 Å². The van der Waals surface area contributed by atoms with Crippen molar-refractivity contribution in [3.8, 4) is 0 Å². The molecule has 3 unspecified atom stereocenters. The van der Waals surface area contributed by atoms with Crippen molar-refractivity contribution < 1.29 is 5.11 Å². The molecule has 2 nitrogen and oxygen atoms in total. The normalized spacial score (nSPS) is 31.1. The molecule has 0 aromatic heterocycles. The Hall–Kier alpha value is 0.270. The third kappa shape index (κ3) is 4.46. The highest BCUT2D eigenvalue weighted by Gasteiger charge is 2.38. The first-order valence-corrected chi connectivity index (χ1v) is 7.98. The van der Waals surface area contributed by atoms with Crippen LogP contribution in [0.4, 0.5) is 0 Å². The highest BCUT2D eigenvalue weighted by atomic mass is 32.2. The molecule has 0 aromatic rings. The number of aliphatic hydroxyl groups is 1. The first-order chi connectivity index (χ1) is 8.03. The highest BCUT2D eigenvalue weighted by molar-refractivity contribution is 8.00. The predicted molar refractivity (Wildman–Crippen MR) is 77.6 cm³/mol. The zero-order valence-corrected chi connectivity index (χ0v) is 12.6. The first kappa shape index (κ1) is 15.3. The molecule has 0 saturated heterocycles. The average Bonchev–Trinajstić information content (AvgIpc) is 2.70. The fourth-order valence-corrected chi connectivity index (χ4v) is 3.99. The minimum absolute atomic E-state index is 0.0182. The van der Waals surface area contributed by atoms with E-state index in [4.69, 9.17) is 0 Å². The van der Waals surface area contributed by atoms with Crippen LogP contribution in [0.5, 0.6) is 0 Å². The van der Waals surface area contributed by atoms with Crippen molar-refractivity contribution >= 4 is 11.8 Å². The van der Waals surface area contributed by atoms with Gasteiger partial charge in [0.25, 0.3) is 0 Å². The van der Waals surface area contributed by atoms with Gasteiger partial charge in [0.05, 0.1) is 6.61 Å². The Morgan fingerprint density at radius 2 is 2.12 bits per heavy atom. The summed E-state index contributed by atoms with van der Waals surface area (Å²) >= 11 is 2.12. The molecule has 3 heteroatoms. The molecule has 1 aliphatic rings. The van der Waals surface area contributed by atoms with Gasteiger partial charge in [-0.25, -0.2) is 0 Å². The second-order valence-electron chi connectivity index (χ2n) is 5.82. The maximum atomic E-state index is 9.63. The Morgan fingerprint density at radius 1 is 1.41 bits per heavy atom. The lowest BCUT2D eigenvalue weighted by Gasteiger charge is -2.29. The monoisotopic (exact) mass is 259 g/mol. The zero-order chi connectivity index (χ0) is 12.9. The molecular formula is C14H29NOS. The van der Waals surface area contributed by atoms with E-state index in [-0.39, 0.29) is 5.54 Å². The minimum atomic E-state index is 0.0182. The van der Waals surface area contributed by atoms with E-state index in [1.54, 1.807) is 0 Å². The summed E-state index contributed by atoms with van der Waals surface area (Å²) < 4.78 is 0. The maximum Gasteiger partial charge on any atom is 0.0613 e. The maximum absolute atomic E-state index is 9.63. The molecule has 0 amide bonds. The molecule has 1 aliphatic carbocycles. The molecule has 2 N–H and O–H groups in total. The molecule has 0 radical (unpaired) electrons. The third-order valence-corrected chi connectivity index (χ3v) is 5.72. The van der Waals surface area contributed by atoms with E-state index in [9.17, 15) is 5.11 Å². The zero-order valence-electron chi connectivity index (χ0n) is 11.8. The average molecular weight is 259 g/mol. The van der Waals surface area contributed by atoms with Gasteiger partial charge in [-0.2, -0.15) is 11.8 Å². The second kappa shape index (κ2) is 7.01. The Balaban J connectivity index is 2.43. The number of thioether (sulfide) groups is 1. The van der Waals surface area contributed by atoms with Crippen LogP contribution in [-0.2, 0) is 0 Å². The van der Waals surface area contributed by atoms with Crippen molar-refractivity contribution in [1.82, 2.24) is 5.32 Å². The van der Waals surface area contributed by atoms with Crippen LogP contribution in [0.2, 0.25) is 0 Å². The van der Waals surface area contributed by atoms with Crippen LogP contribution in [0.25, 0.3) is 0 Å². The van der Waals surface area contributed by atoms with Gasteiger partial charge < -0.3 is 10.4 Å². The lowest BCUT2D eigenvalue weighted by atomic mass is 9.99. The molecule has 0 heterocycles. The van der Waals surface area contributed by atoms with Crippen LogP contribution in [0.3, 0.4) is 0 Å². The molecule has 0 spiro atoms. The number of hydrogen-bond donors (Lipinski definition) is 2. The number of aliphatic hydroxyl groups excluding tert-OH is 1. The standard InChI is InChI=1S/C14H29NOS/c1-5-8-15-14(10-16)7-6-13(9-14)17-12(4)11(2)3/h11-13,15-16H,5-10H2,1-4H3. The Bertz CT molecular complexity index is 222. The van der Waals surface area contributed by atoms with E-state index >= 15 is 0 Å². The van der Waals surface area contributed by atoms with E-state index in [0.717, 1.165) is 42.2 Å². The fourth-order valence-electron chi connectivity index (χ4n) is 2.40. The van der Waals surface area contributed by atoms with Gasteiger partial charge in [-0.15, -0.1) is 0 Å². The summed E-state index contributed by atoms with van der Waals surface area (Å²) in [5.74, 6) is 0.743. The fraction of sp³-hybridized carbons (Fsp3) is 1.00. The van der Waals surface area contributed by atoms with Gasteiger partial charge in [0.15, 0.2) is 0 Å². The molecule has 0 aromatic carbocycles. The summed E-state index contributed by atoms with van der Waals surface area (Å²) in [6.45, 7) is 10.4. The second-order valence-corrected chi connectivity index (χ2v) is 7.50. The van der Waals surface area contributed by atoms with Gasteiger partial charge >= 0.3 is 0 Å². The predicted octanol–water partition coefficient (Wildman–Crippen LogP) is 3.05. The van der Waals surface area contributed by atoms with Crippen molar-refractivity contribution in [3.63, 3.8) is 0 Å². The summed E-state index contributed by atoms with van der Waals surface area (Å²) in [4.78, 5) is 0. The SMILES string of the molecule is CCCNC1(CO)CCC(SC(C)C(C)C)C1. The minimum Gasteiger partial charge on any atom is -0.394 e. The smallest absolute Gasteiger partial charge is 0.0613 e. The largest absolute Gasteiger partial charge is 0.394 e. The van der Waals surface area contributed by atoms with Gasteiger partial charge in [0.2, 0.25) is 0 Å². The van der Waals surface area contributed by atoms with Crippen LogP contribution in [0.1, 0.15) is 53.4 Å². The molecule has 1 saturated carbocycles. The molecule has 1 rings (SSSR count). The van der Waals surface area contributed by atoms with Gasteiger partial charge in [-0.05, 0) is 38.1 Å². The van der Waals surface area contributed by atoms with Crippen molar-refractivity contribution in [2.75, 3.05) is 13.2 Å². The first-order valence-electron chi connectivity index (χ1n) is 7.04. The number of nitrogens with one attached hydrogen (secondary N) is 1. The van der Waals surface area contributed by atoms with Gasteiger partial charge in [-0.1, -0.05) is 27.7 Å². The van der Waals surface area contributed by atoms with Crippen LogP contribution < -0.4 is 5.32 Å². The number of hydrogen-bond acceptors (Lipinski definition) is 3. The number of rotatable bonds is 7. The van der Waals surface area contributed by atoms with Crippen LogP contribution in [-0.4, -0.2) is 34.3 Å². The highest BCUT2D eigenvalue weighted by Crippen LogP contribution is 2.39. The van der Waals surface area contributed by atoms with E-state index in [2.05, 4.69) is 44.8 Å². The van der Waals surface area contributed by atoms with Gasteiger partial charge in [-0.3, -0.25) is 0 Å². The van der Waals surface area contributed by atoms with Crippen molar-refractivity contribution in [2.45, 2.75) is 69.4 Å². The van der Waals surface area contributed by atoms with Crippen LogP contribution in [0.15, 0.2) is 0 Å². The molecule has 0 bridgehead atoms. The topological polar surface area (TPSA) is 32.3 Å². The molecule has 1 fully saturated rings. The van der Waals surface area contributed by atoms with Crippen molar-refractivity contribution in [2.24, 2.45) is 5.92 Å². The lowest BCUT2D eigenvalue weighted by molar-refractivity contribution is 0.165. The van der Waals surface area contributed by atoms with Gasteiger partial charge in [0.1, 0.15) is 0 Å². The van der Waals surface area contributed by atoms with E-state index in [0.29, 0.717) is 6.61 Å². The Labute approximate surface area is 111 Å². The Morgan fingerprint density at radius 3 is 2.65 bits per heavy atom. The van der Waals surface area contributed by atoms with Gasteiger partial charge in [0, 0.05) is 16.0 Å². The quantitative estimate of drug-likeness (QED) is 0.737. The summed E-state index contributed by atoms with van der Waals surface area (Å²) in [5, 5.41) is 14.6. The third-order valence-electron chi connectivity index (χ3n) is 3.96. The van der Waals surface area contributed by atoms with E-state index in [1.165, 1.54) is 6.42 Å². The summed E-state index contributed by atoms with van der Waals surface area (Å²) in [6, 6.07) is 0. The van der Waals surface area contributed by atoms with Crippen molar-refractivity contribution in [3.05, 3.63) is 0 Å². The Kier molecular flexibility index (Phi) is 6.32. The lowest BCUT2D eigenvalue weighted by Crippen LogP contribution is -2.46. The van der Waals surface area contributed by atoms with E-state index in [1.807, 2.05) is 0 Å². The molecular weight excluding hydrogens is 230 g/mol. The summed E-state index contributed by atoms with van der Waals surface area (Å²) in [7, 11) is 0. The summed E-state index contributed by atoms with van der Waals surface area (Å²) in [5.41, 5.74) is 0.0182. The van der Waals surface area contributed by atoms with Crippen LogP contribution in [0, 0.1) is 5.92 Å². The summed E-state index contributed by atoms with van der Waals surface area (Å²) in [6.07, 6.45) is 4.65. The van der Waals surface area contributed by atoms with E-state index < -0.39 is 0 Å². The molecule has 0 aliphatic heterocycles. The van der Waals surface area contributed by atoms with Crippen molar-refractivity contribution in [1.29, 1.82) is 0 Å². The molecule has 3 atom stereocenters. The molecule has 102 valence electrons.